The predicted molar refractivity (Wildman–Crippen MR) is 73.5 cm³/mol. The summed E-state index contributed by atoms with van der Waals surface area (Å²) >= 11 is 0. The van der Waals surface area contributed by atoms with E-state index in [0.717, 1.165) is 18.9 Å². The van der Waals surface area contributed by atoms with Crippen LogP contribution in [0, 0.1) is 0 Å². The summed E-state index contributed by atoms with van der Waals surface area (Å²) in [6.07, 6.45) is 1.67. The van der Waals surface area contributed by atoms with Crippen molar-refractivity contribution in [3.05, 3.63) is 18.3 Å². The average molecular weight is 264 g/mol. The lowest BCUT2D eigenvalue weighted by molar-refractivity contribution is -0.122. The van der Waals surface area contributed by atoms with E-state index in [-0.39, 0.29) is 11.9 Å². The van der Waals surface area contributed by atoms with Gasteiger partial charge in [0.25, 0.3) is 0 Å². The molecule has 6 nitrogen and oxygen atoms in total. The molecule has 1 amide bonds. The summed E-state index contributed by atoms with van der Waals surface area (Å²) in [6, 6.07) is 3.53. The van der Waals surface area contributed by atoms with Gasteiger partial charge in [-0.05, 0) is 19.1 Å². The Morgan fingerprint density at radius 2 is 2.47 bits per heavy atom. The lowest BCUT2D eigenvalue weighted by atomic mass is 10.1. The molecule has 1 unspecified atom stereocenters. The predicted octanol–water partition coefficient (Wildman–Crippen LogP) is 0.00450. The summed E-state index contributed by atoms with van der Waals surface area (Å²) in [5.74, 6) is 1.55. The molecule has 0 radical (unpaired) electrons. The van der Waals surface area contributed by atoms with Gasteiger partial charge < -0.3 is 20.3 Å². The first-order valence-corrected chi connectivity index (χ1v) is 6.51. The molecule has 2 rings (SSSR count). The lowest BCUT2D eigenvalue weighted by Crippen LogP contribution is -2.58. The van der Waals surface area contributed by atoms with Crippen LogP contribution in [0.4, 0.5) is 5.82 Å². The third-order valence-electron chi connectivity index (χ3n) is 3.15. The molecule has 2 heterocycles. The minimum Gasteiger partial charge on any atom is -0.495 e. The first-order valence-electron chi connectivity index (χ1n) is 6.51. The van der Waals surface area contributed by atoms with Gasteiger partial charge in [-0.15, -0.1) is 0 Å². The van der Waals surface area contributed by atoms with E-state index in [9.17, 15) is 4.79 Å². The molecule has 0 saturated carbocycles. The van der Waals surface area contributed by atoms with Gasteiger partial charge in [0.1, 0.15) is 17.6 Å². The fraction of sp³-hybridized carbons (Fsp3) is 0.538. The third-order valence-corrected chi connectivity index (χ3v) is 3.15. The molecule has 1 aliphatic rings. The van der Waals surface area contributed by atoms with Crippen molar-refractivity contribution in [1.82, 2.24) is 15.6 Å². The number of likely N-dealkylation sites (N-methyl/N-ethyl adjacent to an activating group) is 1. The number of methoxy groups -OCH3 is 1. The molecule has 19 heavy (non-hydrogen) atoms. The van der Waals surface area contributed by atoms with E-state index < -0.39 is 0 Å². The Labute approximate surface area is 113 Å². The first-order chi connectivity index (χ1) is 9.26. The van der Waals surface area contributed by atoms with Crippen molar-refractivity contribution in [2.45, 2.75) is 13.0 Å². The second kappa shape index (κ2) is 6.38. The van der Waals surface area contributed by atoms with Crippen molar-refractivity contribution in [3.8, 4) is 5.75 Å². The van der Waals surface area contributed by atoms with E-state index >= 15 is 0 Å². The topological polar surface area (TPSA) is 66.5 Å². The highest BCUT2D eigenvalue weighted by atomic mass is 16.5. The first kappa shape index (κ1) is 13.6. The molecule has 0 aromatic carbocycles. The molecule has 1 aromatic heterocycles. The normalized spacial score (nSPS) is 19.1. The van der Waals surface area contributed by atoms with Crippen LogP contribution in [0.15, 0.2) is 18.3 Å². The second-order valence-corrected chi connectivity index (χ2v) is 4.36. The zero-order valence-corrected chi connectivity index (χ0v) is 11.3. The van der Waals surface area contributed by atoms with Gasteiger partial charge in [0.05, 0.1) is 13.3 Å². The van der Waals surface area contributed by atoms with E-state index in [1.165, 1.54) is 0 Å². The van der Waals surface area contributed by atoms with E-state index in [2.05, 4.69) is 15.6 Å². The molecular formula is C13H20N4O2. The maximum atomic E-state index is 12.1. The summed E-state index contributed by atoms with van der Waals surface area (Å²) in [5.41, 5.74) is 0. The average Bonchev–Trinajstić information content (AvgIpc) is 2.47. The molecule has 0 spiro atoms. The van der Waals surface area contributed by atoms with Gasteiger partial charge in [-0.1, -0.05) is 0 Å². The van der Waals surface area contributed by atoms with Crippen LogP contribution >= 0.6 is 0 Å². The molecule has 1 aliphatic heterocycles. The van der Waals surface area contributed by atoms with Crippen LogP contribution in [0.5, 0.6) is 5.75 Å². The third kappa shape index (κ3) is 3.14. The quantitative estimate of drug-likeness (QED) is 0.801. The van der Waals surface area contributed by atoms with Gasteiger partial charge in [0.15, 0.2) is 0 Å². The Hall–Kier alpha value is -1.82. The molecule has 2 N–H and O–H groups in total. The van der Waals surface area contributed by atoms with Crippen LogP contribution in [0.25, 0.3) is 0 Å². The number of hydrogen-bond acceptors (Lipinski definition) is 5. The van der Waals surface area contributed by atoms with E-state index in [1.54, 1.807) is 13.3 Å². The molecular weight excluding hydrogens is 244 g/mol. The number of aromatic nitrogens is 1. The largest absolute Gasteiger partial charge is 0.495 e. The maximum Gasteiger partial charge on any atom is 0.244 e. The van der Waals surface area contributed by atoms with Crippen LogP contribution < -0.4 is 20.3 Å². The minimum absolute atomic E-state index is 0.0346. The standard InChI is InChI=1S/C13H20N4O2/c1-3-15-13(18)11-9-14-6-7-17(11)12-5-4-10(19-2)8-16-12/h4-5,8,11,14H,3,6-7,9H2,1-2H3,(H,15,18). The molecule has 1 aromatic rings. The number of carbonyl (C=O) groups is 1. The van der Waals surface area contributed by atoms with Gasteiger partial charge >= 0.3 is 0 Å². The summed E-state index contributed by atoms with van der Waals surface area (Å²) in [6.45, 7) is 4.81. The zero-order chi connectivity index (χ0) is 13.7. The van der Waals surface area contributed by atoms with Gasteiger partial charge in [-0.25, -0.2) is 4.98 Å². The minimum atomic E-state index is -0.213. The van der Waals surface area contributed by atoms with Crippen molar-refractivity contribution in [2.75, 3.05) is 38.2 Å². The SMILES string of the molecule is CCNC(=O)C1CNCCN1c1ccc(OC)cn1. The number of nitrogens with one attached hydrogen (secondary N) is 2. The summed E-state index contributed by atoms with van der Waals surface area (Å²) in [5, 5.41) is 6.11. The monoisotopic (exact) mass is 264 g/mol. The van der Waals surface area contributed by atoms with E-state index in [0.29, 0.717) is 18.8 Å². The second-order valence-electron chi connectivity index (χ2n) is 4.36. The van der Waals surface area contributed by atoms with Crippen molar-refractivity contribution in [2.24, 2.45) is 0 Å². The zero-order valence-electron chi connectivity index (χ0n) is 11.3. The van der Waals surface area contributed by atoms with Crippen LogP contribution in [-0.2, 0) is 4.79 Å². The number of piperazine rings is 1. The van der Waals surface area contributed by atoms with Crippen LogP contribution in [-0.4, -0.2) is 50.2 Å². The number of carbonyl (C=O) groups excluding carboxylic acids is 1. The van der Waals surface area contributed by atoms with Crippen molar-refractivity contribution in [3.63, 3.8) is 0 Å². The molecule has 1 fully saturated rings. The van der Waals surface area contributed by atoms with Crippen molar-refractivity contribution in [1.29, 1.82) is 0 Å². The Balaban J connectivity index is 2.15. The summed E-state index contributed by atoms with van der Waals surface area (Å²) < 4.78 is 5.10. The summed E-state index contributed by atoms with van der Waals surface area (Å²) in [4.78, 5) is 18.4. The Bertz CT molecular complexity index is 421. The van der Waals surface area contributed by atoms with Gasteiger partial charge in [0.2, 0.25) is 5.91 Å². The number of hydrogen-bond donors (Lipinski definition) is 2. The summed E-state index contributed by atoms with van der Waals surface area (Å²) in [7, 11) is 1.61. The molecule has 0 aliphatic carbocycles. The fourth-order valence-corrected chi connectivity index (χ4v) is 2.17. The molecule has 1 atom stereocenters. The van der Waals surface area contributed by atoms with Gasteiger partial charge in [-0.3, -0.25) is 4.79 Å². The van der Waals surface area contributed by atoms with Gasteiger partial charge in [0, 0.05) is 26.2 Å². The number of nitrogens with zero attached hydrogens (tertiary/aromatic N) is 2. The van der Waals surface area contributed by atoms with Crippen molar-refractivity contribution >= 4 is 11.7 Å². The van der Waals surface area contributed by atoms with E-state index in [4.69, 9.17) is 4.74 Å². The number of rotatable bonds is 4. The fourth-order valence-electron chi connectivity index (χ4n) is 2.17. The van der Waals surface area contributed by atoms with E-state index in [1.807, 2.05) is 24.0 Å². The lowest BCUT2D eigenvalue weighted by Gasteiger charge is -2.36. The highest BCUT2D eigenvalue weighted by Gasteiger charge is 2.29. The molecule has 0 bridgehead atoms. The number of anilines is 1. The van der Waals surface area contributed by atoms with Crippen molar-refractivity contribution < 1.29 is 9.53 Å². The Morgan fingerprint density at radius 3 is 3.11 bits per heavy atom. The number of pyridine rings is 1. The highest BCUT2D eigenvalue weighted by Crippen LogP contribution is 2.18. The van der Waals surface area contributed by atoms with Crippen LogP contribution in [0.2, 0.25) is 0 Å². The maximum absolute atomic E-state index is 12.1. The molecule has 1 saturated heterocycles. The highest BCUT2D eigenvalue weighted by molar-refractivity contribution is 5.85. The Kier molecular flexibility index (Phi) is 4.57. The van der Waals surface area contributed by atoms with Gasteiger partial charge in [-0.2, -0.15) is 0 Å². The van der Waals surface area contributed by atoms with Crippen LogP contribution in [0.1, 0.15) is 6.92 Å². The molecule has 6 heteroatoms. The van der Waals surface area contributed by atoms with Crippen LogP contribution in [0.3, 0.4) is 0 Å². The molecule has 104 valence electrons. The Morgan fingerprint density at radius 1 is 1.63 bits per heavy atom. The number of amides is 1. The smallest absolute Gasteiger partial charge is 0.244 e. The number of ether oxygens (including phenoxy) is 1.